The molecule has 5 heteroatoms. The number of hydrogen-bond acceptors (Lipinski definition) is 4. The van der Waals surface area contributed by atoms with E-state index >= 15 is 0 Å². The highest BCUT2D eigenvalue weighted by molar-refractivity contribution is 6.21. The van der Waals surface area contributed by atoms with Gasteiger partial charge in [0.25, 0.3) is 0 Å². The number of alkyl halides is 1. The van der Waals surface area contributed by atoms with Crippen molar-refractivity contribution in [3.63, 3.8) is 0 Å². The average molecular weight is 393 g/mol. The normalized spacial score (nSPS) is 29.4. The second-order valence-corrected chi connectivity index (χ2v) is 6.63. The van der Waals surface area contributed by atoms with Crippen LogP contribution in [0.5, 0.6) is 0 Å². The lowest BCUT2D eigenvalue weighted by Gasteiger charge is -2.24. The number of carbonyl (C=O) groups is 1. The van der Waals surface area contributed by atoms with Gasteiger partial charge in [-0.25, -0.2) is 0 Å². The molecule has 0 aromatic rings. The molecule has 1 aliphatic rings. The van der Waals surface area contributed by atoms with E-state index in [2.05, 4.69) is 25.2 Å². The zero-order valence-electron chi connectivity index (χ0n) is 15.7. The zero-order valence-corrected chi connectivity index (χ0v) is 16.4. The molecular formula is C22H29ClO4. The maximum Gasteiger partial charge on any atom is 0.306 e. The van der Waals surface area contributed by atoms with Gasteiger partial charge in [-0.1, -0.05) is 73.8 Å². The Balaban J connectivity index is 2.58. The summed E-state index contributed by atoms with van der Waals surface area (Å²) in [6, 6.07) is 0. The number of aliphatic hydroxyl groups is 2. The summed E-state index contributed by atoms with van der Waals surface area (Å²) >= 11 is 6.00. The number of esters is 1. The predicted octanol–water partition coefficient (Wildman–Crippen LogP) is 4.16. The summed E-state index contributed by atoms with van der Waals surface area (Å²) in [6.45, 7) is 2.10. The van der Waals surface area contributed by atoms with E-state index in [0.29, 0.717) is 6.42 Å². The van der Waals surface area contributed by atoms with Gasteiger partial charge in [-0.2, -0.15) is 0 Å². The monoisotopic (exact) mass is 392 g/mol. The van der Waals surface area contributed by atoms with E-state index in [0.717, 1.165) is 12.8 Å². The Hall–Kier alpha value is -1.88. The van der Waals surface area contributed by atoms with Crippen molar-refractivity contribution in [3.05, 3.63) is 72.9 Å². The van der Waals surface area contributed by atoms with Crippen molar-refractivity contribution in [3.8, 4) is 0 Å². The summed E-state index contributed by atoms with van der Waals surface area (Å²) in [5.41, 5.74) is 0. The first-order valence-corrected chi connectivity index (χ1v) is 9.68. The number of hydrogen-bond donors (Lipinski definition) is 2. The third-order valence-electron chi connectivity index (χ3n) is 3.76. The molecule has 0 aliphatic carbocycles. The van der Waals surface area contributed by atoms with Gasteiger partial charge in [0.15, 0.2) is 0 Å². The average Bonchev–Trinajstić information content (AvgIpc) is 2.66. The molecule has 0 aromatic heterocycles. The largest absolute Gasteiger partial charge is 0.455 e. The fourth-order valence-corrected chi connectivity index (χ4v) is 2.45. The molecule has 0 spiro atoms. The van der Waals surface area contributed by atoms with Gasteiger partial charge < -0.3 is 14.9 Å². The second kappa shape index (κ2) is 14.2. The zero-order chi connectivity index (χ0) is 19.9. The van der Waals surface area contributed by atoms with Crippen molar-refractivity contribution in [1.29, 1.82) is 0 Å². The molecule has 27 heavy (non-hydrogen) atoms. The molecule has 148 valence electrons. The molecule has 0 fully saturated rings. The molecule has 1 aliphatic heterocycles. The van der Waals surface area contributed by atoms with Crippen molar-refractivity contribution < 1.29 is 19.7 Å². The molecule has 1 rings (SSSR count). The fourth-order valence-electron chi connectivity index (χ4n) is 2.26. The topological polar surface area (TPSA) is 66.8 Å². The molecule has 0 aromatic carbocycles. The van der Waals surface area contributed by atoms with Gasteiger partial charge in [0, 0.05) is 6.42 Å². The Morgan fingerprint density at radius 1 is 1.07 bits per heavy atom. The molecule has 0 amide bonds. The molecule has 4 nitrogen and oxygen atoms in total. The van der Waals surface area contributed by atoms with E-state index in [9.17, 15) is 15.0 Å². The van der Waals surface area contributed by atoms with E-state index in [1.54, 1.807) is 24.3 Å². The first kappa shape index (κ1) is 23.2. The van der Waals surface area contributed by atoms with Crippen LogP contribution in [-0.2, 0) is 9.53 Å². The van der Waals surface area contributed by atoms with Crippen LogP contribution in [0.4, 0.5) is 0 Å². The lowest BCUT2D eigenvalue weighted by Crippen LogP contribution is -2.38. The Labute approximate surface area is 166 Å². The van der Waals surface area contributed by atoms with Crippen LogP contribution in [0.15, 0.2) is 72.9 Å². The first-order chi connectivity index (χ1) is 13.0. The minimum atomic E-state index is -1.26. The molecule has 1 heterocycles. The van der Waals surface area contributed by atoms with Crippen LogP contribution in [0.25, 0.3) is 0 Å². The van der Waals surface area contributed by atoms with Crippen molar-refractivity contribution in [1.82, 2.24) is 0 Å². The van der Waals surface area contributed by atoms with E-state index < -0.39 is 24.3 Å². The molecule has 0 unspecified atom stereocenters. The molecular weight excluding hydrogens is 364 g/mol. The maximum atomic E-state index is 11.8. The highest BCUT2D eigenvalue weighted by Gasteiger charge is 2.27. The van der Waals surface area contributed by atoms with Crippen LogP contribution in [0, 0.1) is 0 Å². The Morgan fingerprint density at radius 3 is 2.52 bits per heavy atom. The number of halogens is 1. The number of ether oxygens (including phenoxy) is 1. The minimum absolute atomic E-state index is 0.157. The molecule has 0 saturated heterocycles. The van der Waals surface area contributed by atoms with Crippen LogP contribution in [-0.4, -0.2) is 39.9 Å². The van der Waals surface area contributed by atoms with E-state index in [1.807, 2.05) is 24.3 Å². The quantitative estimate of drug-likeness (QED) is 0.295. The van der Waals surface area contributed by atoms with Crippen molar-refractivity contribution in [2.75, 3.05) is 0 Å². The number of allylic oxidation sites excluding steroid dienone is 10. The fraction of sp³-hybridized carbons (Fsp3) is 0.409. The van der Waals surface area contributed by atoms with Crippen molar-refractivity contribution in [2.24, 2.45) is 0 Å². The minimum Gasteiger partial charge on any atom is -0.455 e. The number of rotatable bonds is 7. The Kier molecular flexibility index (Phi) is 12.2. The SMILES string of the molecule is CC/C=C\C\C=C/C=C/C=C/C=C\[C@@H]1OC(=O)CC[C@H](Cl)/C=C\[C@@H](O)[C@H]1O. The van der Waals surface area contributed by atoms with Crippen LogP contribution in [0.2, 0.25) is 0 Å². The van der Waals surface area contributed by atoms with Crippen molar-refractivity contribution >= 4 is 17.6 Å². The van der Waals surface area contributed by atoms with Gasteiger partial charge >= 0.3 is 5.97 Å². The van der Waals surface area contributed by atoms with Gasteiger partial charge in [-0.3, -0.25) is 4.79 Å². The Morgan fingerprint density at radius 2 is 1.78 bits per heavy atom. The Bertz CT molecular complexity index is 601. The van der Waals surface area contributed by atoms with Crippen LogP contribution in [0.1, 0.15) is 32.6 Å². The first-order valence-electron chi connectivity index (χ1n) is 9.24. The maximum absolute atomic E-state index is 11.8. The van der Waals surface area contributed by atoms with Gasteiger partial charge in [0.2, 0.25) is 0 Å². The van der Waals surface area contributed by atoms with E-state index in [4.69, 9.17) is 16.3 Å². The molecule has 0 saturated carbocycles. The summed E-state index contributed by atoms with van der Waals surface area (Å²) in [7, 11) is 0. The third-order valence-corrected chi connectivity index (χ3v) is 4.13. The lowest BCUT2D eigenvalue weighted by molar-refractivity contribution is -0.154. The van der Waals surface area contributed by atoms with E-state index in [-0.39, 0.29) is 11.8 Å². The van der Waals surface area contributed by atoms with Gasteiger partial charge in [0.05, 0.1) is 5.38 Å². The smallest absolute Gasteiger partial charge is 0.306 e. The summed E-state index contributed by atoms with van der Waals surface area (Å²) in [4.78, 5) is 11.8. The molecule has 0 bridgehead atoms. The molecule has 4 atom stereocenters. The standard InChI is InChI=1S/C22H29ClO4/c1-2-3-4-5-6-7-8-9-10-11-12-13-20-22(26)19(24)16-14-18(23)15-17-21(25)27-20/h3-4,6-14,16,18-20,22,24,26H,2,5,15,17H2,1H3/b4-3-,7-6-,9-8+,11-10+,13-12-,16-14-/t18-,19-,20+,22-/m1/s1. The molecule has 0 radical (unpaired) electrons. The number of carbonyl (C=O) groups excluding carboxylic acids is 1. The summed E-state index contributed by atoms with van der Waals surface area (Å²) in [5.74, 6) is -0.456. The predicted molar refractivity (Wildman–Crippen MR) is 111 cm³/mol. The van der Waals surface area contributed by atoms with Gasteiger partial charge in [-0.05, 0) is 25.3 Å². The third kappa shape index (κ3) is 10.8. The lowest BCUT2D eigenvalue weighted by atomic mass is 10.0. The van der Waals surface area contributed by atoms with Gasteiger partial charge in [-0.15, -0.1) is 11.6 Å². The van der Waals surface area contributed by atoms with Crippen molar-refractivity contribution in [2.45, 2.75) is 56.3 Å². The number of aliphatic hydroxyl groups excluding tert-OH is 2. The summed E-state index contributed by atoms with van der Waals surface area (Å²) < 4.78 is 5.25. The second-order valence-electron chi connectivity index (χ2n) is 6.07. The summed E-state index contributed by atoms with van der Waals surface area (Å²) in [5, 5.41) is 19.8. The summed E-state index contributed by atoms with van der Waals surface area (Å²) in [6.07, 6.45) is 21.1. The van der Waals surface area contributed by atoms with Crippen LogP contribution < -0.4 is 0 Å². The van der Waals surface area contributed by atoms with E-state index in [1.165, 1.54) is 6.08 Å². The van der Waals surface area contributed by atoms with Gasteiger partial charge in [0.1, 0.15) is 18.3 Å². The highest BCUT2D eigenvalue weighted by atomic mass is 35.5. The number of cyclic esters (lactones) is 1. The van der Waals surface area contributed by atoms with Crippen LogP contribution in [0.3, 0.4) is 0 Å². The molecule has 2 N–H and O–H groups in total. The van der Waals surface area contributed by atoms with Crippen LogP contribution >= 0.6 is 11.6 Å². The highest BCUT2D eigenvalue weighted by Crippen LogP contribution is 2.16.